The molecule has 0 amide bonds. The molecule has 2 aromatic carbocycles. The Morgan fingerprint density at radius 2 is 1.96 bits per heavy atom. The fourth-order valence-electron chi connectivity index (χ4n) is 3.23. The van der Waals surface area contributed by atoms with Gasteiger partial charge in [0.05, 0.1) is 10.5 Å². The van der Waals surface area contributed by atoms with E-state index in [2.05, 4.69) is 9.62 Å². The van der Waals surface area contributed by atoms with Crippen molar-refractivity contribution < 1.29 is 22.7 Å². The van der Waals surface area contributed by atoms with Gasteiger partial charge in [-0.25, -0.2) is 22.3 Å². The minimum Gasteiger partial charge on any atom is -0.478 e. The van der Waals surface area contributed by atoms with Crippen LogP contribution in [0.3, 0.4) is 0 Å². The van der Waals surface area contributed by atoms with Crippen LogP contribution in [0.4, 0.5) is 4.39 Å². The van der Waals surface area contributed by atoms with Crippen LogP contribution in [-0.4, -0.2) is 43.5 Å². The second-order valence-corrected chi connectivity index (χ2v) is 8.37. The predicted molar refractivity (Wildman–Crippen MR) is 98.4 cm³/mol. The molecule has 1 aliphatic rings. The number of carbonyl (C=O) groups is 1. The molecule has 0 bridgehead atoms. The van der Waals surface area contributed by atoms with Gasteiger partial charge in [0, 0.05) is 19.1 Å². The van der Waals surface area contributed by atoms with Crippen molar-refractivity contribution in [1.82, 2.24) is 9.62 Å². The van der Waals surface area contributed by atoms with Crippen molar-refractivity contribution >= 4 is 16.0 Å². The van der Waals surface area contributed by atoms with Crippen molar-refractivity contribution in [1.29, 1.82) is 0 Å². The first-order valence-corrected chi connectivity index (χ1v) is 10.1. The summed E-state index contributed by atoms with van der Waals surface area (Å²) in [4.78, 5) is 13.0. The van der Waals surface area contributed by atoms with E-state index in [-0.39, 0.29) is 16.5 Å². The van der Waals surface area contributed by atoms with Gasteiger partial charge in [0.2, 0.25) is 10.0 Å². The number of sulfonamides is 1. The molecule has 2 N–H and O–H groups in total. The second kappa shape index (κ2) is 8.16. The van der Waals surface area contributed by atoms with Gasteiger partial charge < -0.3 is 5.11 Å². The fraction of sp³-hybridized carbons (Fsp3) is 0.316. The number of benzene rings is 2. The lowest BCUT2D eigenvalue weighted by molar-refractivity contribution is 0.0697. The summed E-state index contributed by atoms with van der Waals surface area (Å²) in [6.07, 6.45) is 1.55. The van der Waals surface area contributed by atoms with Gasteiger partial charge in [0.1, 0.15) is 5.82 Å². The number of nitrogens with one attached hydrogen (secondary N) is 1. The smallest absolute Gasteiger partial charge is 0.335 e. The van der Waals surface area contributed by atoms with Crippen LogP contribution in [0.25, 0.3) is 0 Å². The summed E-state index contributed by atoms with van der Waals surface area (Å²) in [5.74, 6) is -1.56. The molecule has 6 nitrogen and oxygen atoms in total. The SMILES string of the molecule is O=C(O)c1ccc(CN2CCCC(NS(=O)(=O)c3cccc(F)c3)C2)cc1. The summed E-state index contributed by atoms with van der Waals surface area (Å²) in [7, 11) is -3.78. The van der Waals surface area contributed by atoms with Crippen LogP contribution >= 0.6 is 0 Å². The number of likely N-dealkylation sites (tertiary alicyclic amines) is 1. The number of piperidine rings is 1. The van der Waals surface area contributed by atoms with Crippen molar-refractivity contribution in [2.24, 2.45) is 0 Å². The Kier molecular flexibility index (Phi) is 5.88. The van der Waals surface area contributed by atoms with E-state index < -0.39 is 21.8 Å². The van der Waals surface area contributed by atoms with Gasteiger partial charge in [0.25, 0.3) is 0 Å². The number of halogens is 1. The molecule has 0 radical (unpaired) electrons. The van der Waals surface area contributed by atoms with Crippen molar-refractivity contribution in [2.45, 2.75) is 30.3 Å². The molecule has 27 heavy (non-hydrogen) atoms. The van der Waals surface area contributed by atoms with Gasteiger partial charge in [-0.15, -0.1) is 0 Å². The maximum absolute atomic E-state index is 13.3. The first kappa shape index (κ1) is 19.5. The lowest BCUT2D eigenvalue weighted by Crippen LogP contribution is -2.47. The Morgan fingerprint density at radius 3 is 2.63 bits per heavy atom. The molecule has 1 atom stereocenters. The zero-order valence-corrected chi connectivity index (χ0v) is 15.5. The Labute approximate surface area is 157 Å². The number of hydrogen-bond donors (Lipinski definition) is 2. The van der Waals surface area contributed by atoms with Gasteiger partial charge in [-0.1, -0.05) is 18.2 Å². The minimum atomic E-state index is -3.78. The number of rotatable bonds is 6. The highest BCUT2D eigenvalue weighted by atomic mass is 32.2. The van der Waals surface area contributed by atoms with Crippen LogP contribution in [-0.2, 0) is 16.6 Å². The van der Waals surface area contributed by atoms with E-state index in [4.69, 9.17) is 5.11 Å². The zero-order valence-electron chi connectivity index (χ0n) is 14.6. The molecule has 0 aliphatic carbocycles. The first-order chi connectivity index (χ1) is 12.8. The molecule has 2 aromatic rings. The van der Waals surface area contributed by atoms with E-state index in [0.29, 0.717) is 19.5 Å². The topological polar surface area (TPSA) is 86.7 Å². The Balaban J connectivity index is 1.63. The lowest BCUT2D eigenvalue weighted by Gasteiger charge is -2.33. The summed E-state index contributed by atoms with van der Waals surface area (Å²) >= 11 is 0. The largest absolute Gasteiger partial charge is 0.478 e. The van der Waals surface area contributed by atoms with E-state index >= 15 is 0 Å². The standard InChI is InChI=1S/C19H21FN2O4S/c20-16-3-1-5-18(11-16)27(25,26)21-17-4-2-10-22(13-17)12-14-6-8-15(9-7-14)19(23)24/h1,3,5-9,11,17,21H,2,4,10,12-13H2,(H,23,24). The highest BCUT2D eigenvalue weighted by Gasteiger charge is 2.25. The highest BCUT2D eigenvalue weighted by molar-refractivity contribution is 7.89. The van der Waals surface area contributed by atoms with Crippen LogP contribution in [0.2, 0.25) is 0 Å². The zero-order chi connectivity index (χ0) is 19.4. The van der Waals surface area contributed by atoms with Gasteiger partial charge in [-0.2, -0.15) is 0 Å². The maximum atomic E-state index is 13.3. The third-order valence-corrected chi connectivity index (χ3v) is 6.06. The molecule has 1 unspecified atom stereocenters. The minimum absolute atomic E-state index is 0.0797. The van der Waals surface area contributed by atoms with Crippen molar-refractivity contribution in [2.75, 3.05) is 13.1 Å². The Hall–Kier alpha value is -2.29. The summed E-state index contributed by atoms with van der Waals surface area (Å²) < 4.78 is 40.9. The summed E-state index contributed by atoms with van der Waals surface area (Å²) in [6, 6.07) is 11.4. The average Bonchev–Trinajstić information content (AvgIpc) is 2.62. The lowest BCUT2D eigenvalue weighted by atomic mass is 10.1. The van der Waals surface area contributed by atoms with E-state index in [9.17, 15) is 17.6 Å². The number of carboxylic acids is 1. The summed E-state index contributed by atoms with van der Waals surface area (Å²) in [5.41, 5.74) is 1.20. The van der Waals surface area contributed by atoms with Gasteiger partial charge >= 0.3 is 5.97 Å². The van der Waals surface area contributed by atoms with Gasteiger partial charge in [-0.3, -0.25) is 4.90 Å². The number of hydrogen-bond acceptors (Lipinski definition) is 4. The summed E-state index contributed by atoms with van der Waals surface area (Å²) in [6.45, 7) is 1.98. The molecule has 1 aliphatic heterocycles. The van der Waals surface area contributed by atoms with Crippen molar-refractivity contribution in [3.05, 3.63) is 65.5 Å². The molecular weight excluding hydrogens is 371 g/mol. The molecule has 1 saturated heterocycles. The molecule has 3 rings (SSSR count). The molecule has 8 heteroatoms. The fourth-order valence-corrected chi connectivity index (χ4v) is 4.52. The monoisotopic (exact) mass is 392 g/mol. The van der Waals surface area contributed by atoms with Crippen molar-refractivity contribution in [3.8, 4) is 0 Å². The molecule has 0 spiro atoms. The van der Waals surface area contributed by atoms with Crippen LogP contribution in [0, 0.1) is 5.82 Å². The van der Waals surface area contributed by atoms with Gasteiger partial charge in [-0.05, 0) is 55.3 Å². The molecule has 0 aromatic heterocycles. The Morgan fingerprint density at radius 1 is 1.22 bits per heavy atom. The van der Waals surface area contributed by atoms with Crippen LogP contribution in [0.1, 0.15) is 28.8 Å². The van der Waals surface area contributed by atoms with E-state index in [1.807, 2.05) is 0 Å². The number of aromatic carboxylic acids is 1. The quantitative estimate of drug-likeness (QED) is 0.789. The first-order valence-electron chi connectivity index (χ1n) is 8.66. The number of carboxylic acid groups (broad SMARTS) is 1. The Bertz CT molecular complexity index is 916. The molecule has 1 heterocycles. The average molecular weight is 392 g/mol. The van der Waals surface area contributed by atoms with Gasteiger partial charge in [0.15, 0.2) is 0 Å². The predicted octanol–water partition coefficient (Wildman–Crippen LogP) is 2.47. The van der Waals surface area contributed by atoms with E-state index in [0.717, 1.165) is 24.6 Å². The maximum Gasteiger partial charge on any atom is 0.335 e. The van der Waals surface area contributed by atoms with Crippen LogP contribution < -0.4 is 4.72 Å². The third-order valence-electron chi connectivity index (χ3n) is 4.54. The van der Waals surface area contributed by atoms with Crippen LogP contribution in [0.5, 0.6) is 0 Å². The molecule has 0 saturated carbocycles. The normalized spacial score (nSPS) is 18.3. The summed E-state index contributed by atoms with van der Waals surface area (Å²) in [5, 5.41) is 8.95. The van der Waals surface area contributed by atoms with Crippen molar-refractivity contribution in [3.63, 3.8) is 0 Å². The van der Waals surface area contributed by atoms with E-state index in [1.165, 1.54) is 18.2 Å². The molecular formula is C19H21FN2O4S. The van der Waals surface area contributed by atoms with E-state index in [1.54, 1.807) is 24.3 Å². The molecule has 1 fully saturated rings. The highest BCUT2D eigenvalue weighted by Crippen LogP contribution is 2.17. The second-order valence-electron chi connectivity index (χ2n) is 6.66. The molecule has 144 valence electrons. The van der Waals surface area contributed by atoms with Crippen LogP contribution in [0.15, 0.2) is 53.4 Å². The number of nitrogens with zero attached hydrogens (tertiary/aromatic N) is 1. The third kappa shape index (κ3) is 5.12.